The van der Waals surface area contributed by atoms with Crippen LogP contribution >= 0.6 is 0 Å². The molecule has 1 heterocycles. The molecule has 0 aliphatic carbocycles. The summed E-state index contributed by atoms with van der Waals surface area (Å²) in [5.41, 5.74) is 0.307. The summed E-state index contributed by atoms with van der Waals surface area (Å²) in [6.45, 7) is 1.97. The van der Waals surface area contributed by atoms with E-state index in [2.05, 4.69) is 15.0 Å². The normalized spacial score (nSPS) is 17.0. The number of carbonyl (C=O) groups is 1. The minimum absolute atomic E-state index is 0.0255. The van der Waals surface area contributed by atoms with Crippen LogP contribution in [0.25, 0.3) is 0 Å². The number of hydrogen-bond donors (Lipinski definition) is 1. The molecule has 1 N–H and O–H groups in total. The second kappa shape index (κ2) is 7.68. The van der Waals surface area contributed by atoms with Crippen LogP contribution < -0.4 is 10.1 Å². The second-order valence-corrected chi connectivity index (χ2v) is 5.88. The molecule has 1 fully saturated rings. The van der Waals surface area contributed by atoms with Crippen molar-refractivity contribution in [3.8, 4) is 5.75 Å². The number of nitrogens with one attached hydrogen (secondary N) is 1. The van der Waals surface area contributed by atoms with E-state index in [4.69, 9.17) is 0 Å². The predicted molar refractivity (Wildman–Crippen MR) is 79.8 cm³/mol. The molecule has 0 saturated carbocycles. The molecule has 0 aromatic heterocycles. The highest BCUT2D eigenvalue weighted by atomic mass is 19.4. The fraction of sp³-hybridized carbons (Fsp3) is 0.562. The first-order chi connectivity index (χ1) is 10.8. The van der Waals surface area contributed by atoms with Gasteiger partial charge in [-0.2, -0.15) is 0 Å². The third-order valence-electron chi connectivity index (χ3n) is 3.99. The molecule has 0 radical (unpaired) electrons. The van der Waals surface area contributed by atoms with Crippen LogP contribution in [0.15, 0.2) is 24.3 Å². The van der Waals surface area contributed by atoms with Crippen molar-refractivity contribution in [3.05, 3.63) is 29.8 Å². The van der Waals surface area contributed by atoms with Gasteiger partial charge in [0.2, 0.25) is 5.91 Å². The molecule has 2 rings (SSSR count). The number of rotatable bonds is 5. The number of piperidine rings is 1. The number of halogens is 3. The lowest BCUT2D eigenvalue weighted by Crippen LogP contribution is -2.33. The lowest BCUT2D eigenvalue weighted by molar-refractivity contribution is -0.274. The van der Waals surface area contributed by atoms with Crippen molar-refractivity contribution >= 4 is 5.91 Å². The minimum Gasteiger partial charge on any atom is -0.405 e. The van der Waals surface area contributed by atoms with E-state index < -0.39 is 6.36 Å². The smallest absolute Gasteiger partial charge is 0.405 e. The van der Waals surface area contributed by atoms with E-state index in [0.29, 0.717) is 17.9 Å². The largest absolute Gasteiger partial charge is 0.573 e. The zero-order valence-electron chi connectivity index (χ0n) is 13.0. The van der Waals surface area contributed by atoms with Gasteiger partial charge >= 0.3 is 6.36 Å². The third kappa shape index (κ3) is 6.09. The van der Waals surface area contributed by atoms with E-state index in [1.807, 2.05) is 7.05 Å². The van der Waals surface area contributed by atoms with Gasteiger partial charge in [-0.15, -0.1) is 13.2 Å². The van der Waals surface area contributed by atoms with Crippen molar-refractivity contribution < 1.29 is 22.7 Å². The van der Waals surface area contributed by atoms with Crippen molar-refractivity contribution in [2.75, 3.05) is 20.1 Å². The second-order valence-electron chi connectivity index (χ2n) is 5.88. The van der Waals surface area contributed by atoms with Crippen molar-refractivity contribution in [3.63, 3.8) is 0 Å². The molecular formula is C16H21F3N2O2. The zero-order chi connectivity index (χ0) is 16.9. The van der Waals surface area contributed by atoms with E-state index in [1.54, 1.807) is 6.07 Å². The minimum atomic E-state index is -4.74. The highest BCUT2D eigenvalue weighted by molar-refractivity contribution is 5.76. The maximum atomic E-state index is 12.3. The van der Waals surface area contributed by atoms with Gasteiger partial charge in [0.05, 0.1) is 0 Å². The summed E-state index contributed by atoms with van der Waals surface area (Å²) in [5, 5.41) is 2.68. The molecule has 23 heavy (non-hydrogen) atoms. The highest BCUT2D eigenvalue weighted by Crippen LogP contribution is 2.26. The molecule has 1 aliphatic rings. The molecule has 128 valence electrons. The van der Waals surface area contributed by atoms with E-state index in [9.17, 15) is 18.0 Å². The summed E-state index contributed by atoms with van der Waals surface area (Å²) >= 11 is 0. The Balaban J connectivity index is 1.84. The van der Waals surface area contributed by atoms with E-state index in [0.717, 1.165) is 25.9 Å². The van der Waals surface area contributed by atoms with Gasteiger partial charge in [-0.05, 0) is 45.0 Å². The number of alkyl halides is 3. The fourth-order valence-corrected chi connectivity index (χ4v) is 2.67. The Labute approximate surface area is 133 Å². The maximum absolute atomic E-state index is 12.3. The monoisotopic (exact) mass is 330 g/mol. The SMILES string of the molecule is CN1CCC(CC(=O)NCc2ccccc2OC(F)(F)F)CC1. The van der Waals surface area contributed by atoms with Gasteiger partial charge in [-0.25, -0.2) is 0 Å². The van der Waals surface area contributed by atoms with Crippen molar-refractivity contribution in [1.29, 1.82) is 0 Å². The number of amides is 1. The Morgan fingerprint density at radius 1 is 1.30 bits per heavy atom. The standard InChI is InChI=1S/C16H21F3N2O2/c1-21-8-6-12(7-9-21)10-15(22)20-11-13-4-2-3-5-14(13)23-16(17,18)19/h2-5,12H,6-11H2,1H3,(H,20,22). The molecule has 1 amide bonds. The number of ether oxygens (including phenoxy) is 1. The van der Waals surface area contributed by atoms with Gasteiger partial charge in [0.25, 0.3) is 0 Å². The van der Waals surface area contributed by atoms with Gasteiger partial charge in [0, 0.05) is 18.5 Å². The fourth-order valence-electron chi connectivity index (χ4n) is 2.67. The summed E-state index contributed by atoms with van der Waals surface area (Å²) in [6, 6.07) is 5.83. The number of nitrogens with zero attached hydrogens (tertiary/aromatic N) is 1. The number of para-hydroxylation sites is 1. The first-order valence-corrected chi connectivity index (χ1v) is 7.62. The molecule has 0 bridgehead atoms. The summed E-state index contributed by atoms with van der Waals surface area (Å²) in [5.74, 6) is -0.0752. The van der Waals surface area contributed by atoms with Crippen LogP contribution in [0.3, 0.4) is 0 Å². The third-order valence-corrected chi connectivity index (χ3v) is 3.99. The van der Waals surface area contributed by atoms with Crippen LogP contribution in [0, 0.1) is 5.92 Å². The Bertz CT molecular complexity index is 526. The van der Waals surface area contributed by atoms with E-state index in [1.165, 1.54) is 18.2 Å². The van der Waals surface area contributed by atoms with Gasteiger partial charge in [-0.3, -0.25) is 4.79 Å². The van der Waals surface area contributed by atoms with Crippen LogP contribution in [0.2, 0.25) is 0 Å². The summed E-state index contributed by atoms with van der Waals surface area (Å²) in [6.07, 6.45) is -2.39. The number of likely N-dealkylation sites (tertiary alicyclic amines) is 1. The first kappa shape index (κ1) is 17.6. The van der Waals surface area contributed by atoms with Gasteiger partial charge < -0.3 is 15.0 Å². The summed E-state index contributed by atoms with van der Waals surface area (Å²) in [4.78, 5) is 14.2. The van der Waals surface area contributed by atoms with Gasteiger partial charge in [-0.1, -0.05) is 18.2 Å². The number of carbonyl (C=O) groups excluding carboxylic acids is 1. The molecule has 1 saturated heterocycles. The van der Waals surface area contributed by atoms with E-state index in [-0.39, 0.29) is 18.2 Å². The molecular weight excluding hydrogens is 309 g/mol. The van der Waals surface area contributed by atoms with Crippen LogP contribution in [0.1, 0.15) is 24.8 Å². The summed E-state index contributed by atoms with van der Waals surface area (Å²) < 4.78 is 41.0. The maximum Gasteiger partial charge on any atom is 0.573 e. The molecule has 0 atom stereocenters. The molecule has 0 spiro atoms. The molecule has 1 aliphatic heterocycles. The topological polar surface area (TPSA) is 41.6 Å². The lowest BCUT2D eigenvalue weighted by Gasteiger charge is -2.28. The zero-order valence-corrected chi connectivity index (χ0v) is 13.0. The predicted octanol–water partition coefficient (Wildman–Crippen LogP) is 2.93. The molecule has 4 nitrogen and oxygen atoms in total. The molecule has 1 aromatic carbocycles. The van der Waals surface area contributed by atoms with Crippen LogP contribution in [-0.2, 0) is 11.3 Å². The summed E-state index contributed by atoms with van der Waals surface area (Å²) in [7, 11) is 2.05. The molecule has 7 heteroatoms. The van der Waals surface area contributed by atoms with Crippen molar-refractivity contribution in [2.45, 2.75) is 32.2 Å². The Morgan fingerprint density at radius 2 is 1.96 bits per heavy atom. The molecule has 0 unspecified atom stereocenters. The Morgan fingerprint density at radius 3 is 2.61 bits per heavy atom. The van der Waals surface area contributed by atoms with Crippen molar-refractivity contribution in [2.24, 2.45) is 5.92 Å². The van der Waals surface area contributed by atoms with Crippen molar-refractivity contribution in [1.82, 2.24) is 10.2 Å². The van der Waals surface area contributed by atoms with E-state index >= 15 is 0 Å². The first-order valence-electron chi connectivity index (χ1n) is 7.62. The quantitative estimate of drug-likeness (QED) is 0.902. The lowest BCUT2D eigenvalue weighted by atomic mass is 9.93. The average Bonchev–Trinajstić information content (AvgIpc) is 2.47. The Hall–Kier alpha value is -1.76. The van der Waals surface area contributed by atoms with Crippen LogP contribution in [0.5, 0.6) is 5.75 Å². The molecule has 1 aromatic rings. The highest BCUT2D eigenvalue weighted by Gasteiger charge is 2.32. The van der Waals surface area contributed by atoms with Gasteiger partial charge in [0.15, 0.2) is 0 Å². The average molecular weight is 330 g/mol. The van der Waals surface area contributed by atoms with Crippen LogP contribution in [0.4, 0.5) is 13.2 Å². The van der Waals surface area contributed by atoms with Gasteiger partial charge in [0.1, 0.15) is 5.75 Å². The van der Waals surface area contributed by atoms with Crippen LogP contribution in [-0.4, -0.2) is 37.3 Å². The number of benzene rings is 1. The Kier molecular flexibility index (Phi) is 5.87. The number of hydrogen-bond acceptors (Lipinski definition) is 3.